The van der Waals surface area contributed by atoms with Crippen molar-refractivity contribution in [3.05, 3.63) is 59.1 Å². The zero-order valence-corrected chi connectivity index (χ0v) is 18.7. The summed E-state index contributed by atoms with van der Waals surface area (Å²) in [6.07, 6.45) is 6.46. The molecule has 2 aromatic carbocycles. The first kappa shape index (κ1) is 22.6. The van der Waals surface area contributed by atoms with Gasteiger partial charge in [-0.25, -0.2) is 8.42 Å². The molecule has 1 amide bonds. The van der Waals surface area contributed by atoms with E-state index in [1.807, 2.05) is 18.2 Å². The number of halogens is 1. The van der Waals surface area contributed by atoms with Gasteiger partial charge >= 0.3 is 0 Å². The Bertz CT molecular complexity index is 944. The molecule has 1 saturated heterocycles. The Hall–Kier alpha value is -2.09. The van der Waals surface area contributed by atoms with E-state index in [9.17, 15) is 13.2 Å². The molecule has 8 heteroatoms. The first-order valence-electron chi connectivity index (χ1n) is 10.1. The lowest BCUT2D eigenvalue weighted by atomic mass is 10.0. The third-order valence-electron chi connectivity index (χ3n) is 5.40. The van der Waals surface area contributed by atoms with Crippen molar-refractivity contribution in [2.24, 2.45) is 0 Å². The quantitative estimate of drug-likeness (QED) is 0.591. The summed E-state index contributed by atoms with van der Waals surface area (Å²) in [5, 5.41) is 4.01. The van der Waals surface area contributed by atoms with Gasteiger partial charge in [-0.2, -0.15) is 0 Å². The van der Waals surface area contributed by atoms with Crippen molar-refractivity contribution in [2.45, 2.75) is 38.3 Å². The highest BCUT2D eigenvalue weighted by Crippen LogP contribution is 2.26. The van der Waals surface area contributed by atoms with Crippen LogP contribution < -0.4 is 14.5 Å². The molecule has 6 nitrogen and oxygen atoms in total. The van der Waals surface area contributed by atoms with Crippen LogP contribution >= 0.6 is 11.6 Å². The van der Waals surface area contributed by atoms with Crippen molar-refractivity contribution in [3.8, 4) is 0 Å². The smallest absolute Gasteiger partial charge is 0.232 e. The SMILES string of the molecule is CS(=O)(=O)N(Cc1ccccc1Cl)c1ccc(N(C=O)CCC2CCCCN2)cc1. The highest BCUT2D eigenvalue weighted by atomic mass is 35.5. The molecule has 1 aliphatic heterocycles. The average Bonchev–Trinajstić information content (AvgIpc) is 2.74. The average molecular weight is 450 g/mol. The number of benzene rings is 2. The van der Waals surface area contributed by atoms with Crippen molar-refractivity contribution in [3.63, 3.8) is 0 Å². The predicted molar refractivity (Wildman–Crippen MR) is 123 cm³/mol. The topological polar surface area (TPSA) is 69.7 Å². The van der Waals surface area contributed by atoms with Crippen LogP contribution in [0.25, 0.3) is 0 Å². The Morgan fingerprint density at radius 1 is 1.10 bits per heavy atom. The van der Waals surface area contributed by atoms with Crippen LogP contribution in [-0.4, -0.2) is 40.2 Å². The van der Waals surface area contributed by atoms with Crippen molar-refractivity contribution < 1.29 is 13.2 Å². The molecular weight excluding hydrogens is 422 g/mol. The van der Waals surface area contributed by atoms with Gasteiger partial charge in [-0.15, -0.1) is 0 Å². The first-order chi connectivity index (χ1) is 14.4. The third-order valence-corrected chi connectivity index (χ3v) is 6.91. The number of nitrogens with zero attached hydrogens (tertiary/aromatic N) is 2. The summed E-state index contributed by atoms with van der Waals surface area (Å²) in [4.78, 5) is 13.3. The van der Waals surface area contributed by atoms with Crippen LogP contribution in [-0.2, 0) is 21.4 Å². The van der Waals surface area contributed by atoms with Crippen LogP contribution in [0.4, 0.5) is 11.4 Å². The number of carbonyl (C=O) groups is 1. The molecule has 1 fully saturated rings. The van der Waals surface area contributed by atoms with Crippen LogP contribution in [0.2, 0.25) is 5.02 Å². The van der Waals surface area contributed by atoms with Crippen molar-refractivity contribution in [2.75, 3.05) is 28.6 Å². The number of carbonyl (C=O) groups excluding carboxylic acids is 1. The minimum atomic E-state index is -3.51. The molecule has 0 spiro atoms. The van der Waals surface area contributed by atoms with E-state index in [1.54, 1.807) is 35.2 Å². The molecule has 3 rings (SSSR count). The van der Waals surface area contributed by atoms with Crippen molar-refractivity contribution in [1.29, 1.82) is 0 Å². The van der Waals surface area contributed by atoms with Gasteiger partial charge in [0.05, 0.1) is 18.5 Å². The Balaban J connectivity index is 1.73. The normalized spacial score (nSPS) is 16.8. The Labute approximate surface area is 183 Å². The van der Waals surface area contributed by atoms with Crippen LogP contribution in [0.5, 0.6) is 0 Å². The molecule has 30 heavy (non-hydrogen) atoms. The number of nitrogens with one attached hydrogen (secondary N) is 1. The first-order valence-corrected chi connectivity index (χ1v) is 12.4. The fourth-order valence-electron chi connectivity index (χ4n) is 3.70. The van der Waals surface area contributed by atoms with Gasteiger partial charge in [0.25, 0.3) is 0 Å². The number of sulfonamides is 1. The van der Waals surface area contributed by atoms with Crippen LogP contribution in [0.15, 0.2) is 48.5 Å². The zero-order valence-electron chi connectivity index (χ0n) is 17.1. The summed E-state index contributed by atoms with van der Waals surface area (Å²) in [7, 11) is -3.51. The van der Waals surface area contributed by atoms with Crippen molar-refractivity contribution >= 4 is 39.4 Å². The van der Waals surface area contributed by atoms with E-state index in [0.29, 0.717) is 23.3 Å². The maximum absolute atomic E-state index is 12.4. The van der Waals surface area contributed by atoms with Gasteiger partial charge in [0, 0.05) is 23.3 Å². The maximum atomic E-state index is 12.4. The number of amides is 1. The summed E-state index contributed by atoms with van der Waals surface area (Å²) in [6.45, 7) is 1.80. The summed E-state index contributed by atoms with van der Waals surface area (Å²) in [6, 6.07) is 14.6. The molecule has 1 atom stereocenters. The fraction of sp³-hybridized carbons (Fsp3) is 0.409. The number of rotatable bonds is 9. The van der Waals surface area contributed by atoms with E-state index in [0.717, 1.165) is 37.0 Å². The van der Waals surface area contributed by atoms with E-state index >= 15 is 0 Å². The van der Waals surface area contributed by atoms with E-state index in [2.05, 4.69) is 5.32 Å². The van der Waals surface area contributed by atoms with E-state index in [4.69, 9.17) is 11.6 Å². The van der Waals surface area contributed by atoms with Gasteiger partial charge in [-0.05, 0) is 61.7 Å². The third kappa shape index (κ3) is 5.97. The molecule has 0 aromatic heterocycles. The molecule has 0 bridgehead atoms. The lowest BCUT2D eigenvalue weighted by Gasteiger charge is -2.27. The van der Waals surface area contributed by atoms with Gasteiger partial charge in [0.2, 0.25) is 16.4 Å². The second kappa shape index (κ2) is 10.3. The largest absolute Gasteiger partial charge is 0.315 e. The standard InChI is InChI=1S/C22H28ClN3O3S/c1-30(28,29)26(16-18-6-2-3-8-22(18)23)21-11-9-20(10-12-21)25(17-27)15-13-19-7-4-5-14-24-19/h2-3,6,8-12,17,19,24H,4-5,7,13-16H2,1H3. The summed E-state index contributed by atoms with van der Waals surface area (Å²) < 4.78 is 26.1. The Morgan fingerprint density at radius 3 is 2.40 bits per heavy atom. The predicted octanol–water partition coefficient (Wildman–Crippen LogP) is 3.80. The van der Waals surface area contributed by atoms with Gasteiger partial charge in [0.15, 0.2) is 0 Å². The van der Waals surface area contributed by atoms with Crippen LogP contribution in [0, 0.1) is 0 Å². The second-order valence-electron chi connectivity index (χ2n) is 7.61. The lowest BCUT2D eigenvalue weighted by molar-refractivity contribution is -0.107. The fourth-order valence-corrected chi connectivity index (χ4v) is 4.77. The molecule has 2 aromatic rings. The van der Waals surface area contributed by atoms with Crippen LogP contribution in [0.3, 0.4) is 0 Å². The Kier molecular flexibility index (Phi) is 7.75. The molecule has 162 valence electrons. The van der Waals surface area contributed by atoms with Crippen molar-refractivity contribution in [1.82, 2.24) is 5.32 Å². The zero-order chi connectivity index (χ0) is 21.6. The van der Waals surface area contributed by atoms with E-state index in [1.165, 1.54) is 23.4 Å². The van der Waals surface area contributed by atoms with Gasteiger partial charge < -0.3 is 10.2 Å². The van der Waals surface area contributed by atoms with Gasteiger partial charge in [-0.3, -0.25) is 9.10 Å². The minimum Gasteiger partial charge on any atom is -0.315 e. The summed E-state index contributed by atoms with van der Waals surface area (Å²) in [5.41, 5.74) is 2.00. The Morgan fingerprint density at radius 2 is 1.80 bits per heavy atom. The molecule has 1 aliphatic rings. The molecule has 1 heterocycles. The summed E-state index contributed by atoms with van der Waals surface area (Å²) in [5.74, 6) is 0. The maximum Gasteiger partial charge on any atom is 0.232 e. The monoisotopic (exact) mass is 449 g/mol. The van der Waals surface area contributed by atoms with E-state index in [-0.39, 0.29) is 6.54 Å². The summed E-state index contributed by atoms with van der Waals surface area (Å²) >= 11 is 6.22. The molecular formula is C22H28ClN3O3S. The highest BCUT2D eigenvalue weighted by Gasteiger charge is 2.20. The highest BCUT2D eigenvalue weighted by molar-refractivity contribution is 7.92. The molecule has 0 aliphatic carbocycles. The second-order valence-corrected chi connectivity index (χ2v) is 9.93. The molecule has 1 unspecified atom stereocenters. The number of piperidine rings is 1. The molecule has 1 N–H and O–H groups in total. The van der Waals surface area contributed by atoms with Gasteiger partial charge in [-0.1, -0.05) is 36.2 Å². The molecule has 0 saturated carbocycles. The molecule has 0 radical (unpaired) electrons. The lowest BCUT2D eigenvalue weighted by Crippen LogP contribution is -2.37. The number of anilines is 2. The van der Waals surface area contributed by atoms with Crippen LogP contribution in [0.1, 0.15) is 31.2 Å². The number of hydrogen-bond donors (Lipinski definition) is 1. The van der Waals surface area contributed by atoms with Gasteiger partial charge in [0.1, 0.15) is 0 Å². The minimum absolute atomic E-state index is 0.141. The van der Waals surface area contributed by atoms with E-state index < -0.39 is 10.0 Å². The number of hydrogen-bond acceptors (Lipinski definition) is 4.